The van der Waals surface area contributed by atoms with Crippen LogP contribution >= 0.6 is 0 Å². The fourth-order valence-corrected chi connectivity index (χ4v) is 2.20. The summed E-state index contributed by atoms with van der Waals surface area (Å²) in [6.07, 6.45) is 0. The molecule has 2 aromatic rings. The van der Waals surface area contributed by atoms with Crippen molar-refractivity contribution < 1.29 is 30.7 Å². The predicted octanol–water partition coefficient (Wildman–Crippen LogP) is 5.17. The summed E-state index contributed by atoms with van der Waals surface area (Å²) in [5.74, 6) is -14.9. The lowest BCUT2D eigenvalue weighted by Gasteiger charge is -2.14. The zero-order valence-electron chi connectivity index (χ0n) is 12.2. The van der Waals surface area contributed by atoms with Gasteiger partial charge in [0, 0.05) is 5.56 Å². The van der Waals surface area contributed by atoms with Crippen molar-refractivity contribution in [3.8, 4) is 17.2 Å². The summed E-state index contributed by atoms with van der Waals surface area (Å²) in [7, 11) is 0. The normalized spacial score (nSPS) is 10.2. The third kappa shape index (κ3) is 2.51. The van der Waals surface area contributed by atoms with Gasteiger partial charge in [0.25, 0.3) is 5.69 Å². The van der Waals surface area contributed by atoms with Crippen molar-refractivity contribution in [2.75, 3.05) is 0 Å². The first-order valence-corrected chi connectivity index (χ1v) is 6.39. The smallest absolute Gasteiger partial charge is 0.262 e. The maximum atomic E-state index is 14.5. The maximum absolute atomic E-state index is 14.5. The van der Waals surface area contributed by atoms with Crippen LogP contribution in [0.1, 0.15) is 11.1 Å². The van der Waals surface area contributed by atoms with Gasteiger partial charge >= 0.3 is 0 Å². The summed E-state index contributed by atoms with van der Waals surface area (Å²) < 4.78 is 98.1. The van der Waals surface area contributed by atoms with Crippen LogP contribution in [0.25, 0.3) is 20.8 Å². The molecule has 0 spiro atoms. The molecule has 0 saturated carbocycles. The molecule has 0 aliphatic rings. The van der Waals surface area contributed by atoms with Crippen LogP contribution in [-0.2, 0) is 6.54 Å². The fraction of sp³-hybridized carbons (Fsp3) is 0.0625. The Labute approximate surface area is 141 Å². The minimum atomic E-state index is -2.27. The lowest BCUT2D eigenvalue weighted by atomic mass is 9.94. The molecule has 10 heteroatoms. The number of benzene rings is 2. The molecule has 0 N–H and O–H groups in total. The molecule has 0 heterocycles. The van der Waals surface area contributed by atoms with E-state index in [1.54, 1.807) is 0 Å². The van der Waals surface area contributed by atoms with Crippen LogP contribution in [0.2, 0.25) is 0 Å². The third-order valence-corrected chi connectivity index (χ3v) is 3.36. The molecular formula is C16H2F7N3. The molecule has 0 unspecified atom stereocenters. The summed E-state index contributed by atoms with van der Waals surface area (Å²) in [5, 5.41) is 8.89. The Balaban J connectivity index is 3.12. The molecule has 26 heavy (non-hydrogen) atoms. The first-order valence-electron chi connectivity index (χ1n) is 6.39. The summed E-state index contributed by atoms with van der Waals surface area (Å²) in [5.41, 5.74) is -7.92. The van der Waals surface area contributed by atoms with Crippen molar-refractivity contribution in [2.45, 2.75) is 6.54 Å². The average molecular weight is 369 g/mol. The van der Waals surface area contributed by atoms with Gasteiger partial charge in [-0.25, -0.2) is 42.2 Å². The van der Waals surface area contributed by atoms with Gasteiger partial charge in [-0.15, -0.1) is 0 Å². The number of rotatable bonds is 2. The van der Waals surface area contributed by atoms with Crippen LogP contribution in [0.15, 0.2) is 0 Å². The van der Waals surface area contributed by atoms with Crippen LogP contribution in [0.3, 0.4) is 0 Å². The lowest BCUT2D eigenvalue weighted by molar-refractivity contribution is 0.460. The van der Waals surface area contributed by atoms with E-state index in [0.29, 0.717) is 0 Å². The summed E-state index contributed by atoms with van der Waals surface area (Å²) in [6.45, 7) is 12.0. The molecule has 0 saturated heterocycles. The van der Waals surface area contributed by atoms with Crippen LogP contribution in [0, 0.1) is 65.2 Å². The van der Waals surface area contributed by atoms with Crippen molar-refractivity contribution in [1.82, 2.24) is 0 Å². The Morgan fingerprint density at radius 2 is 1.27 bits per heavy atom. The van der Waals surface area contributed by atoms with E-state index < -0.39 is 75.2 Å². The van der Waals surface area contributed by atoms with E-state index >= 15 is 0 Å². The zero-order chi connectivity index (χ0) is 19.8. The molecule has 0 radical (unpaired) electrons. The van der Waals surface area contributed by atoms with E-state index in [1.807, 2.05) is 0 Å². The second-order valence-corrected chi connectivity index (χ2v) is 4.69. The Bertz CT molecular complexity index is 1040. The zero-order valence-corrected chi connectivity index (χ0v) is 12.2. The quantitative estimate of drug-likeness (QED) is 0.408. The van der Waals surface area contributed by atoms with E-state index in [0.717, 1.165) is 6.07 Å². The van der Waals surface area contributed by atoms with Gasteiger partial charge in [-0.3, -0.25) is 0 Å². The average Bonchev–Trinajstić information content (AvgIpc) is 2.62. The van der Waals surface area contributed by atoms with Crippen molar-refractivity contribution in [3.05, 3.63) is 74.7 Å². The van der Waals surface area contributed by atoms with Crippen LogP contribution in [0.5, 0.6) is 0 Å². The van der Waals surface area contributed by atoms with Gasteiger partial charge in [0.1, 0.15) is 23.0 Å². The molecular weight excluding hydrogens is 367 g/mol. The number of nitriles is 1. The Kier molecular flexibility index (Phi) is 4.86. The van der Waals surface area contributed by atoms with E-state index in [9.17, 15) is 30.7 Å². The molecule has 130 valence electrons. The SMILES string of the molecule is [C-]#[N+]Cc1c(F)c(F)c(C#N)c(-c2c(F)c(F)c([N+]#[C-])c(F)c2F)c1F. The molecule has 0 aliphatic carbocycles. The molecule has 0 aromatic heterocycles. The second kappa shape index (κ2) is 6.73. The van der Waals surface area contributed by atoms with Gasteiger partial charge in [-0.1, -0.05) is 0 Å². The Morgan fingerprint density at radius 1 is 0.731 bits per heavy atom. The van der Waals surface area contributed by atoms with E-state index in [1.165, 1.54) is 0 Å². The fourth-order valence-electron chi connectivity index (χ4n) is 2.20. The van der Waals surface area contributed by atoms with Crippen molar-refractivity contribution >= 4 is 5.69 Å². The maximum Gasteiger partial charge on any atom is 0.262 e. The lowest BCUT2D eigenvalue weighted by Crippen LogP contribution is -2.09. The molecule has 0 atom stereocenters. The molecule has 2 rings (SSSR count). The first-order chi connectivity index (χ1) is 12.2. The van der Waals surface area contributed by atoms with Crippen LogP contribution < -0.4 is 0 Å². The topological polar surface area (TPSA) is 32.5 Å². The highest BCUT2D eigenvalue weighted by Gasteiger charge is 2.34. The minimum absolute atomic E-state index is 0.964. The molecule has 0 fully saturated rings. The number of nitrogens with zero attached hydrogens (tertiary/aromatic N) is 3. The number of hydrogen-bond donors (Lipinski definition) is 0. The monoisotopic (exact) mass is 369 g/mol. The molecule has 0 amide bonds. The van der Waals surface area contributed by atoms with Gasteiger partial charge < -0.3 is 4.85 Å². The Hall–Kier alpha value is -3.58. The Morgan fingerprint density at radius 3 is 1.69 bits per heavy atom. The largest absolute Gasteiger partial charge is 0.312 e. The van der Waals surface area contributed by atoms with E-state index in [4.69, 9.17) is 18.4 Å². The van der Waals surface area contributed by atoms with Gasteiger partial charge in [0.05, 0.1) is 12.1 Å². The second-order valence-electron chi connectivity index (χ2n) is 4.69. The summed E-state index contributed by atoms with van der Waals surface area (Å²) >= 11 is 0. The van der Waals surface area contributed by atoms with Crippen molar-refractivity contribution in [1.29, 1.82) is 5.26 Å². The van der Waals surface area contributed by atoms with E-state index in [-0.39, 0.29) is 0 Å². The third-order valence-electron chi connectivity index (χ3n) is 3.36. The molecule has 0 bridgehead atoms. The predicted molar refractivity (Wildman–Crippen MR) is 72.9 cm³/mol. The van der Waals surface area contributed by atoms with Gasteiger partial charge in [-0.2, -0.15) is 5.26 Å². The highest BCUT2D eigenvalue weighted by molar-refractivity contribution is 5.76. The summed E-state index contributed by atoms with van der Waals surface area (Å²) in [6, 6.07) is 0.964. The highest BCUT2D eigenvalue weighted by atomic mass is 19.2. The van der Waals surface area contributed by atoms with E-state index in [2.05, 4.69) is 9.69 Å². The number of halogens is 7. The van der Waals surface area contributed by atoms with Gasteiger partial charge in [0.2, 0.25) is 6.54 Å². The summed E-state index contributed by atoms with van der Waals surface area (Å²) in [4.78, 5) is 4.87. The van der Waals surface area contributed by atoms with Gasteiger partial charge in [0.15, 0.2) is 34.9 Å². The van der Waals surface area contributed by atoms with Crippen LogP contribution in [0.4, 0.5) is 36.4 Å². The minimum Gasteiger partial charge on any atom is -0.312 e. The van der Waals surface area contributed by atoms with Gasteiger partial charge in [-0.05, 0) is 0 Å². The van der Waals surface area contributed by atoms with Crippen molar-refractivity contribution in [2.24, 2.45) is 0 Å². The first kappa shape index (κ1) is 18.8. The molecule has 3 nitrogen and oxygen atoms in total. The molecule has 2 aromatic carbocycles. The van der Waals surface area contributed by atoms with Crippen LogP contribution in [-0.4, -0.2) is 0 Å². The number of hydrogen-bond acceptors (Lipinski definition) is 1. The highest BCUT2D eigenvalue weighted by Crippen LogP contribution is 2.40. The molecule has 0 aliphatic heterocycles. The van der Waals surface area contributed by atoms with Crippen molar-refractivity contribution in [3.63, 3.8) is 0 Å². The standard InChI is InChI=1S/C16H2F7N3/c1-25-4-6-9(17)7(5(3-24)10(18)11(6)19)8-12(20)14(22)16(26-2)15(23)13(8)21/h4H2.